The summed E-state index contributed by atoms with van der Waals surface area (Å²) in [7, 11) is 0. The molecule has 7 nitrogen and oxygen atoms in total. The number of alkyl carbamates (subject to hydrolysis) is 1. The van der Waals surface area contributed by atoms with Crippen molar-refractivity contribution in [3.8, 4) is 11.1 Å². The summed E-state index contributed by atoms with van der Waals surface area (Å²) in [5.41, 5.74) is 3.79. The number of ether oxygens (including phenoxy) is 1. The summed E-state index contributed by atoms with van der Waals surface area (Å²) < 4.78 is 5.71. The molecule has 1 saturated heterocycles. The van der Waals surface area contributed by atoms with Crippen molar-refractivity contribution in [3.63, 3.8) is 0 Å². The maximum Gasteiger partial charge on any atom is 0.407 e. The van der Waals surface area contributed by atoms with Crippen LogP contribution in [-0.4, -0.2) is 53.2 Å². The van der Waals surface area contributed by atoms with Gasteiger partial charge in [0.25, 0.3) is 0 Å². The van der Waals surface area contributed by atoms with Crippen LogP contribution >= 0.6 is 0 Å². The van der Waals surface area contributed by atoms with Gasteiger partial charge in [0.1, 0.15) is 12.6 Å². The number of carbonyl (C=O) groups is 3. The molecule has 0 spiro atoms. The minimum Gasteiger partial charge on any atom is -0.480 e. The highest BCUT2D eigenvalue weighted by Crippen LogP contribution is 2.45. The topological polar surface area (TPSA) is 95.9 Å². The summed E-state index contributed by atoms with van der Waals surface area (Å²) in [6.45, 7) is 2.51. The molecule has 2 amide bonds. The van der Waals surface area contributed by atoms with Crippen molar-refractivity contribution < 1.29 is 24.2 Å². The lowest BCUT2D eigenvalue weighted by Crippen LogP contribution is -2.57. The number of carboxylic acids is 1. The normalized spacial score (nSPS) is 25.6. The van der Waals surface area contributed by atoms with Gasteiger partial charge in [0.2, 0.25) is 5.91 Å². The van der Waals surface area contributed by atoms with Gasteiger partial charge in [0.15, 0.2) is 0 Å². The number of hydrogen-bond donors (Lipinski definition) is 2. The minimum atomic E-state index is -0.958. The van der Waals surface area contributed by atoms with Crippen molar-refractivity contribution in [1.29, 1.82) is 0 Å². The predicted molar refractivity (Wildman–Crippen MR) is 131 cm³/mol. The number of benzene rings is 2. The van der Waals surface area contributed by atoms with Gasteiger partial charge in [0.05, 0.1) is 5.41 Å². The highest BCUT2D eigenvalue weighted by Gasteiger charge is 2.50. The van der Waals surface area contributed by atoms with Crippen molar-refractivity contribution in [2.75, 3.05) is 13.2 Å². The van der Waals surface area contributed by atoms with Gasteiger partial charge in [-0.25, -0.2) is 9.59 Å². The number of carbonyl (C=O) groups excluding carboxylic acids is 2. The number of nitrogens with zero attached hydrogens (tertiary/aromatic N) is 1. The van der Waals surface area contributed by atoms with Crippen LogP contribution in [0.15, 0.2) is 48.5 Å². The quantitative estimate of drug-likeness (QED) is 0.660. The number of hydrogen-bond acceptors (Lipinski definition) is 4. The van der Waals surface area contributed by atoms with E-state index in [1.807, 2.05) is 31.2 Å². The fourth-order valence-corrected chi connectivity index (χ4v) is 6.20. The number of amides is 2. The fourth-order valence-electron chi connectivity index (χ4n) is 6.20. The maximum absolute atomic E-state index is 13.5. The Morgan fingerprint density at radius 1 is 1.00 bits per heavy atom. The van der Waals surface area contributed by atoms with Crippen molar-refractivity contribution in [1.82, 2.24) is 10.2 Å². The van der Waals surface area contributed by atoms with Crippen LogP contribution in [0.4, 0.5) is 4.79 Å². The molecule has 3 aliphatic rings. The fraction of sp³-hybridized carbons (Fsp3) is 0.464. The van der Waals surface area contributed by atoms with Gasteiger partial charge in [-0.15, -0.1) is 0 Å². The zero-order valence-corrected chi connectivity index (χ0v) is 20.0. The molecule has 1 aliphatic heterocycles. The Labute approximate surface area is 205 Å². The van der Waals surface area contributed by atoms with E-state index in [1.54, 1.807) is 0 Å². The van der Waals surface area contributed by atoms with E-state index in [4.69, 9.17) is 4.74 Å². The van der Waals surface area contributed by atoms with Gasteiger partial charge < -0.3 is 20.1 Å². The van der Waals surface area contributed by atoms with E-state index >= 15 is 0 Å². The first-order valence-electron chi connectivity index (χ1n) is 12.6. The first-order chi connectivity index (χ1) is 16.9. The second kappa shape index (κ2) is 9.36. The van der Waals surface area contributed by atoms with Crippen LogP contribution in [0.3, 0.4) is 0 Å². The number of nitrogens with one attached hydrogen (secondary N) is 1. The number of carboxylic acid groups (broad SMARTS) is 1. The van der Waals surface area contributed by atoms with E-state index in [1.165, 1.54) is 16.0 Å². The lowest BCUT2D eigenvalue weighted by molar-refractivity contribution is -0.157. The minimum absolute atomic E-state index is 0.0329. The molecule has 5 rings (SSSR count). The van der Waals surface area contributed by atoms with Gasteiger partial charge >= 0.3 is 12.1 Å². The Hall–Kier alpha value is -3.35. The molecule has 1 heterocycles. The number of rotatable bonds is 5. The Kier molecular flexibility index (Phi) is 6.26. The van der Waals surface area contributed by atoms with E-state index in [0.29, 0.717) is 25.8 Å². The van der Waals surface area contributed by atoms with Crippen molar-refractivity contribution in [2.45, 2.75) is 63.5 Å². The van der Waals surface area contributed by atoms with Crippen molar-refractivity contribution in [3.05, 3.63) is 59.7 Å². The van der Waals surface area contributed by atoms with Crippen molar-refractivity contribution in [2.24, 2.45) is 5.41 Å². The van der Waals surface area contributed by atoms with Crippen LogP contribution in [0.25, 0.3) is 11.1 Å². The Morgan fingerprint density at radius 2 is 1.66 bits per heavy atom. The van der Waals surface area contributed by atoms with E-state index in [9.17, 15) is 19.5 Å². The van der Waals surface area contributed by atoms with Crippen molar-refractivity contribution >= 4 is 18.0 Å². The monoisotopic (exact) mass is 476 g/mol. The molecule has 0 aromatic heterocycles. The first-order valence-corrected chi connectivity index (χ1v) is 12.6. The zero-order chi connectivity index (χ0) is 24.6. The number of aliphatic carboxylic acids is 1. The molecule has 1 saturated carbocycles. The summed E-state index contributed by atoms with van der Waals surface area (Å²) in [5, 5.41) is 12.6. The van der Waals surface area contributed by atoms with E-state index in [-0.39, 0.29) is 24.5 Å². The number of likely N-dealkylation sites (tertiary alicyclic amines) is 1. The van der Waals surface area contributed by atoms with E-state index in [2.05, 4.69) is 29.6 Å². The second-order valence-corrected chi connectivity index (χ2v) is 10.2. The zero-order valence-electron chi connectivity index (χ0n) is 20.0. The van der Waals surface area contributed by atoms with Crippen LogP contribution in [0.2, 0.25) is 0 Å². The smallest absolute Gasteiger partial charge is 0.407 e. The molecule has 2 aromatic carbocycles. The number of piperidine rings is 1. The van der Waals surface area contributed by atoms with Gasteiger partial charge in [-0.3, -0.25) is 4.79 Å². The molecule has 2 N–H and O–H groups in total. The average Bonchev–Trinajstić information content (AvgIpc) is 3.40. The van der Waals surface area contributed by atoms with Crippen LogP contribution in [0.5, 0.6) is 0 Å². The van der Waals surface area contributed by atoms with Gasteiger partial charge in [-0.2, -0.15) is 0 Å². The Morgan fingerprint density at radius 3 is 2.31 bits per heavy atom. The summed E-state index contributed by atoms with van der Waals surface area (Å²) in [6.07, 6.45) is 3.62. The molecule has 7 heteroatoms. The summed E-state index contributed by atoms with van der Waals surface area (Å²) in [4.78, 5) is 39.7. The standard InChI is InChI=1S/C28H32N2O5/c1-28(26(33)30-16-7-6-13-23(30)25(31)32)15-8-14-24(28)29-27(34)35-17-22-20-11-4-2-9-18(20)19-10-3-5-12-21(19)22/h2-5,9-12,22-24H,6-8,13-17H2,1H3,(H,29,34)(H,31,32). The SMILES string of the molecule is CC1(C(=O)N2CCCCC2C(=O)O)CCCC1NC(=O)OCC1c2ccccc2-c2ccccc21. The third-order valence-corrected chi connectivity index (χ3v) is 8.13. The van der Waals surface area contributed by atoms with Crippen LogP contribution in [0, 0.1) is 5.41 Å². The summed E-state index contributed by atoms with van der Waals surface area (Å²) in [6, 6.07) is 15.2. The molecular weight excluding hydrogens is 444 g/mol. The molecule has 3 atom stereocenters. The summed E-state index contributed by atoms with van der Waals surface area (Å²) >= 11 is 0. The Balaban J connectivity index is 1.26. The van der Waals surface area contributed by atoms with Gasteiger partial charge in [0, 0.05) is 18.5 Å². The molecule has 2 aliphatic carbocycles. The van der Waals surface area contributed by atoms with Crippen LogP contribution in [-0.2, 0) is 14.3 Å². The highest BCUT2D eigenvalue weighted by molar-refractivity contribution is 5.89. The maximum atomic E-state index is 13.5. The molecular formula is C28H32N2O5. The summed E-state index contributed by atoms with van der Waals surface area (Å²) in [5.74, 6) is -1.17. The predicted octanol–water partition coefficient (Wildman–Crippen LogP) is 4.55. The average molecular weight is 477 g/mol. The van der Waals surface area contributed by atoms with Gasteiger partial charge in [-0.05, 0) is 61.3 Å². The third kappa shape index (κ3) is 4.17. The molecule has 0 radical (unpaired) electrons. The lowest BCUT2D eigenvalue weighted by atomic mass is 9.82. The van der Waals surface area contributed by atoms with Crippen LogP contribution in [0.1, 0.15) is 62.5 Å². The van der Waals surface area contributed by atoms with E-state index in [0.717, 1.165) is 30.4 Å². The van der Waals surface area contributed by atoms with Gasteiger partial charge in [-0.1, -0.05) is 55.0 Å². The second-order valence-electron chi connectivity index (χ2n) is 10.2. The lowest BCUT2D eigenvalue weighted by Gasteiger charge is -2.40. The highest BCUT2D eigenvalue weighted by atomic mass is 16.5. The largest absolute Gasteiger partial charge is 0.480 e. The molecule has 2 fully saturated rings. The first kappa shape index (κ1) is 23.4. The molecule has 184 valence electrons. The molecule has 2 aromatic rings. The molecule has 0 bridgehead atoms. The third-order valence-electron chi connectivity index (χ3n) is 8.13. The van der Waals surface area contributed by atoms with Crippen LogP contribution < -0.4 is 5.32 Å². The molecule has 35 heavy (non-hydrogen) atoms. The Bertz CT molecular complexity index is 1100. The molecule has 3 unspecified atom stereocenters. The van der Waals surface area contributed by atoms with E-state index < -0.39 is 23.5 Å². The number of fused-ring (bicyclic) bond motifs is 3.